The highest BCUT2D eigenvalue weighted by Gasteiger charge is 2.49. The van der Waals surface area contributed by atoms with E-state index in [0.717, 1.165) is 5.75 Å². The van der Waals surface area contributed by atoms with Gasteiger partial charge < -0.3 is 23.4 Å². The van der Waals surface area contributed by atoms with Gasteiger partial charge in [0.25, 0.3) is 0 Å². The molecule has 6 nitrogen and oxygen atoms in total. The summed E-state index contributed by atoms with van der Waals surface area (Å²) in [7, 11) is -0.702. The standard InChI is InChI=1S/2C7H15BO2.C4H8O.2C4H10.C3H8OS.C3H6.29C2H6.8CH4.8B/c2*1-6(2)7(3,4)10-8(5)9-6;1-3-4(2)5;2*1-3-4-2;1-3-5(2)4;1-3-2;29*1-2;;;;;;;;;;;;;;;;/h2*1-5H3;3H2,1-2H3;2*3-4H2,1-2H3;3H2,1-2H3;3H,1H2,2H3;29*1-2H3;8*1H4;;;;;;;;. The monoisotopic (exact) mass is 1690 g/mol. The quantitative estimate of drug-likeness (QED) is 0.206. The first kappa shape index (κ1) is 354. The van der Waals surface area contributed by atoms with Crippen molar-refractivity contribution in [2.24, 2.45) is 0 Å². The van der Waals surface area contributed by atoms with Crippen LogP contribution in [-0.2, 0) is 34.2 Å². The Balaban J connectivity index is -0.00000000801. The second-order valence-electron chi connectivity index (χ2n) is 12.0. The smallest absolute Gasteiger partial charge is 0.403 e. The van der Waals surface area contributed by atoms with Gasteiger partial charge in [-0.15, -0.1) is 6.58 Å². The molecule has 0 spiro atoms. The van der Waals surface area contributed by atoms with Crippen molar-refractivity contribution in [1.29, 1.82) is 0 Å². The highest BCUT2D eigenvalue weighted by Crippen LogP contribution is 2.37. The lowest BCUT2D eigenvalue weighted by Crippen LogP contribution is -2.41. The number of carbonyl (C=O) groups excluding carboxylic acids is 1. The van der Waals surface area contributed by atoms with E-state index < -0.39 is 10.8 Å². The molecule has 17 heteroatoms. The van der Waals surface area contributed by atoms with Gasteiger partial charge in [0.1, 0.15) is 5.78 Å². The van der Waals surface area contributed by atoms with Crippen LogP contribution in [0, 0.1) is 0 Å². The van der Waals surface area contributed by atoms with E-state index in [2.05, 4.69) is 89.7 Å². The average molecular weight is 1690 g/mol. The van der Waals surface area contributed by atoms with Crippen molar-refractivity contribution in [3.63, 3.8) is 0 Å². The van der Waals surface area contributed by atoms with Crippen LogP contribution in [0.15, 0.2) is 12.7 Å². The summed E-state index contributed by atoms with van der Waals surface area (Å²) in [6.45, 7) is 156. The lowest BCUT2D eigenvalue weighted by molar-refractivity contribution is -0.116. The Bertz CT molecular complexity index is 612. The third-order valence-corrected chi connectivity index (χ3v) is 7.46. The van der Waals surface area contributed by atoms with Crippen molar-refractivity contribution >= 4 is 98.1 Å². The maximum absolute atomic E-state index is 9.92. The molecule has 2 aliphatic heterocycles. The van der Waals surface area contributed by atoms with Crippen molar-refractivity contribution in [2.45, 2.75) is 640 Å². The molecule has 0 aromatic carbocycles. The maximum atomic E-state index is 9.92. The van der Waals surface area contributed by atoms with E-state index in [-0.39, 0.29) is 169 Å². The molecule has 2 aliphatic rings. The number of carbonyl (C=O) groups is 1. The topological polar surface area (TPSA) is 71.1 Å². The third-order valence-electron chi connectivity index (χ3n) is 6.65. The molecule has 0 aromatic rings. The van der Waals surface area contributed by atoms with E-state index in [1.54, 1.807) is 19.3 Å². The SMILES string of the molecule is C.C.C.C.C.C.C.C.C=CC.CB1OC(C)(C)C(C)(C)O1.CB1OC(C)(C)C(C)(C)O1.CC.CC.CC.CC.CC.CC.CC.CC.CC.CC.CC.CC.CC.CC.CC.CC.CC.CC.CC.CC.CC.CC.CC.CC.CC.CC.CC.CC.CC.CCC(C)=O.CCCC.CCCC.CCS(C)=O.[B].[B].[B].[B].[B].[B].[B].[B]. The first-order chi connectivity index (χ1) is 47.5. The van der Waals surface area contributed by atoms with Gasteiger partial charge in [0, 0.05) is 96.5 Å². The summed E-state index contributed by atoms with van der Waals surface area (Å²) >= 11 is 0. The number of rotatable bonds is 4. The Morgan fingerprint density at radius 1 is 0.270 bits per heavy atom. The van der Waals surface area contributed by atoms with Gasteiger partial charge >= 0.3 is 14.2 Å². The summed E-state index contributed by atoms with van der Waals surface area (Å²) in [5, 5.41) is 0. The fraction of sp³-hybridized carbons (Fsp3) is 0.969. The molecule has 2 rings (SSSR count). The van der Waals surface area contributed by atoms with E-state index in [9.17, 15) is 9.00 Å². The van der Waals surface area contributed by atoms with E-state index in [1.165, 1.54) is 25.7 Å². The number of ketones is 1. The minimum atomic E-state index is -0.573. The Kier molecular flexibility index (Phi) is 2020. The van der Waals surface area contributed by atoms with Gasteiger partial charge in [0.2, 0.25) is 0 Å². The molecule has 0 amide bonds. The Morgan fingerprint density at radius 3 is 0.330 bits per heavy atom. The minimum Gasteiger partial charge on any atom is -0.403 e. The van der Waals surface area contributed by atoms with E-state index in [0.29, 0.717) is 6.42 Å². The fourth-order valence-electron chi connectivity index (χ4n) is 2.28. The molecule has 0 bridgehead atoms. The van der Waals surface area contributed by atoms with Gasteiger partial charge in [-0.25, -0.2) is 0 Å². The Hall–Kier alpha value is 0.0494. The lowest BCUT2D eigenvalue weighted by Gasteiger charge is -2.32. The van der Waals surface area contributed by atoms with Gasteiger partial charge in [-0.3, -0.25) is 4.21 Å². The molecular weight excluding hydrogens is 1410 g/mol. The fourth-order valence-corrected chi connectivity index (χ4v) is 2.28. The molecule has 0 saturated carbocycles. The molecule has 24 radical (unpaired) electrons. The van der Waals surface area contributed by atoms with Crippen LogP contribution in [0.1, 0.15) is 604 Å². The second kappa shape index (κ2) is 658. The predicted molar refractivity (Wildman–Crippen MR) is 615 cm³/mol. The van der Waals surface area contributed by atoms with Crippen LogP contribution >= 0.6 is 0 Å². The van der Waals surface area contributed by atoms with Crippen LogP contribution in [0.25, 0.3) is 0 Å². The number of allylic oxidation sites excluding steroid dienone is 1. The highest BCUT2D eigenvalue weighted by atomic mass is 32.2. The summed E-state index contributed by atoms with van der Waals surface area (Å²) in [6, 6.07) is 0. The van der Waals surface area contributed by atoms with Crippen molar-refractivity contribution in [1.82, 2.24) is 0 Å². The first-order valence-corrected chi connectivity index (χ1v) is 46.3. The van der Waals surface area contributed by atoms with Crippen LogP contribution in [0.2, 0.25) is 13.6 Å². The van der Waals surface area contributed by atoms with Gasteiger partial charge in [-0.05, 0) is 82.9 Å². The van der Waals surface area contributed by atoms with Gasteiger partial charge in [-0.2, -0.15) is 0 Å². The molecule has 115 heavy (non-hydrogen) atoms. The van der Waals surface area contributed by atoms with Crippen LogP contribution in [-0.4, -0.2) is 126 Å². The second-order valence-corrected chi connectivity index (χ2v) is 13.7. The summed E-state index contributed by atoms with van der Waals surface area (Å²) in [6.07, 6.45) is 9.39. The number of unbranched alkanes of at least 4 members (excludes halogenated alkanes) is 2. The first-order valence-electron chi connectivity index (χ1n) is 44.6. The summed E-state index contributed by atoms with van der Waals surface area (Å²) < 4.78 is 32.1. The summed E-state index contributed by atoms with van der Waals surface area (Å²) in [5.74, 6) is 1.03. The van der Waals surface area contributed by atoms with Crippen molar-refractivity contribution in [2.75, 3.05) is 12.0 Å². The number of hydrogen-bond donors (Lipinski definition) is 0. The van der Waals surface area contributed by atoms with Crippen molar-refractivity contribution in [3.05, 3.63) is 12.7 Å². The molecule has 2 heterocycles. The predicted octanol–water partition coefficient (Wildman–Crippen LogP) is 41.4. The molecular formula is C98H278B10O6S. The normalized spacial score (nSPS) is 8.18. The summed E-state index contributed by atoms with van der Waals surface area (Å²) in [5.41, 5.74) is -0.641. The molecule has 2 fully saturated rings. The van der Waals surface area contributed by atoms with E-state index in [1.807, 2.05) is 436 Å². The molecule has 742 valence electrons. The largest absolute Gasteiger partial charge is 0.454 e. The van der Waals surface area contributed by atoms with Gasteiger partial charge in [-0.1, -0.05) is 534 Å². The van der Waals surface area contributed by atoms with Crippen LogP contribution < -0.4 is 0 Å². The molecule has 0 N–H and O–H groups in total. The molecule has 0 aliphatic carbocycles. The van der Waals surface area contributed by atoms with Gasteiger partial charge in [0.05, 0.1) is 22.4 Å². The zero-order chi connectivity index (χ0) is 92.1. The van der Waals surface area contributed by atoms with Gasteiger partial charge in [0.15, 0.2) is 0 Å². The molecule has 2 saturated heterocycles. The molecule has 1 atom stereocenters. The van der Waals surface area contributed by atoms with Crippen molar-refractivity contribution < 1.29 is 27.6 Å². The number of Topliss-reactive ketones (excluding diaryl/α,β-unsaturated/α-hetero) is 1. The molecule has 1 unspecified atom stereocenters. The Morgan fingerprint density at radius 2 is 0.322 bits per heavy atom. The van der Waals surface area contributed by atoms with E-state index >= 15 is 0 Å². The summed E-state index contributed by atoms with van der Waals surface area (Å²) in [4.78, 5) is 9.81. The highest BCUT2D eigenvalue weighted by molar-refractivity contribution is 7.84. The zero-order valence-electron chi connectivity index (χ0n) is 93.7. The average Bonchev–Trinajstić information content (AvgIpc) is 1.67. The van der Waals surface area contributed by atoms with E-state index in [4.69, 9.17) is 18.6 Å². The van der Waals surface area contributed by atoms with Crippen LogP contribution in [0.4, 0.5) is 0 Å². The lowest BCUT2D eigenvalue weighted by atomic mass is 9.90. The van der Waals surface area contributed by atoms with Crippen LogP contribution in [0.3, 0.4) is 0 Å². The van der Waals surface area contributed by atoms with Crippen molar-refractivity contribution in [3.8, 4) is 0 Å². The Labute approximate surface area is 785 Å². The number of hydrogen-bond acceptors (Lipinski definition) is 6. The minimum absolute atomic E-state index is 0. The van der Waals surface area contributed by atoms with Crippen LogP contribution in [0.5, 0.6) is 0 Å². The zero-order valence-corrected chi connectivity index (χ0v) is 94.5. The molecule has 0 aromatic heterocycles. The third kappa shape index (κ3) is 738. The maximum Gasteiger partial charge on any atom is 0.454 e.